The van der Waals surface area contributed by atoms with Crippen LogP contribution in [0.5, 0.6) is 0 Å². The lowest BCUT2D eigenvalue weighted by atomic mass is 9.92. The molecule has 0 bridgehead atoms. The summed E-state index contributed by atoms with van der Waals surface area (Å²) in [6, 6.07) is -0.0433. The quantitative estimate of drug-likeness (QED) is 0.158. The van der Waals surface area contributed by atoms with E-state index in [-0.39, 0.29) is 70.3 Å². The van der Waals surface area contributed by atoms with Crippen molar-refractivity contribution in [2.45, 2.75) is 51.6 Å². The Labute approximate surface area is 304 Å². The van der Waals surface area contributed by atoms with Crippen molar-refractivity contribution in [1.82, 2.24) is 30.6 Å². The SMILES string of the molecule is CC1=C2N=C3C(=O)NC(=N)N=C3CC[C@@H]2[C@H]2CNc3nc(N)[nH]c(=O)c3N12.CC1=C2N=C3C(=O)NC(=N)N=C3CC[C@H]2[C@@H]2CNc3nc(N)[nH]c(=O)c3N12. The van der Waals surface area contributed by atoms with Crippen molar-refractivity contribution in [1.29, 1.82) is 10.8 Å². The predicted molar refractivity (Wildman–Crippen MR) is 200 cm³/mol. The van der Waals surface area contributed by atoms with E-state index in [9.17, 15) is 19.2 Å². The Morgan fingerprint density at radius 1 is 0.648 bits per heavy atom. The summed E-state index contributed by atoms with van der Waals surface area (Å²) in [5.74, 6) is -0.0605. The molecule has 12 N–H and O–H groups in total. The van der Waals surface area contributed by atoms with Crippen LogP contribution in [0.4, 0.5) is 34.9 Å². The number of amides is 2. The number of nitrogens with two attached hydrogens (primary N) is 2. The molecule has 0 saturated carbocycles. The monoisotopic (exact) mass is 734 g/mol. The number of fused-ring (bicyclic) bond motifs is 12. The van der Waals surface area contributed by atoms with E-state index < -0.39 is 11.8 Å². The van der Waals surface area contributed by atoms with Gasteiger partial charge in [0.1, 0.15) is 0 Å². The molecular formula is C32H34N18O4. The molecule has 54 heavy (non-hydrogen) atoms. The average Bonchev–Trinajstić information content (AvgIpc) is 3.32. The first-order valence-corrected chi connectivity index (χ1v) is 17.3. The predicted octanol–water partition coefficient (Wildman–Crippen LogP) is -0.891. The van der Waals surface area contributed by atoms with Gasteiger partial charge >= 0.3 is 0 Å². The molecule has 276 valence electrons. The molecule has 8 aliphatic rings. The molecule has 2 aromatic rings. The number of carbonyl (C=O) groups excluding carboxylic acids is 2. The Bertz CT molecular complexity index is 2300. The molecule has 22 heteroatoms. The summed E-state index contributed by atoms with van der Waals surface area (Å²) in [5, 5.41) is 26.4. The van der Waals surface area contributed by atoms with Gasteiger partial charge in [-0.05, 0) is 39.5 Å². The minimum absolute atomic E-state index is 0.0216. The largest absolute Gasteiger partial charge is 0.369 e. The van der Waals surface area contributed by atoms with E-state index in [1.807, 2.05) is 23.6 Å². The maximum Gasteiger partial charge on any atom is 0.278 e. The van der Waals surface area contributed by atoms with Gasteiger partial charge in [0.25, 0.3) is 22.9 Å². The lowest BCUT2D eigenvalue weighted by Gasteiger charge is -2.36. The van der Waals surface area contributed by atoms with Crippen molar-refractivity contribution < 1.29 is 9.59 Å². The number of aromatic amines is 2. The number of aliphatic imine (C=N–C) groups is 4. The van der Waals surface area contributed by atoms with Crippen LogP contribution in [0.2, 0.25) is 0 Å². The number of hydrogen-bond acceptors (Lipinski definition) is 16. The summed E-state index contributed by atoms with van der Waals surface area (Å²) >= 11 is 0. The third kappa shape index (κ3) is 4.93. The van der Waals surface area contributed by atoms with Crippen molar-refractivity contribution in [3.8, 4) is 0 Å². The van der Waals surface area contributed by atoms with E-state index in [1.165, 1.54) is 0 Å². The highest BCUT2D eigenvalue weighted by Crippen LogP contribution is 2.46. The smallest absolute Gasteiger partial charge is 0.278 e. The fraction of sp³-hybridized carbons (Fsp3) is 0.375. The Kier molecular flexibility index (Phi) is 7.16. The van der Waals surface area contributed by atoms with E-state index in [1.54, 1.807) is 0 Å². The first kappa shape index (κ1) is 32.9. The van der Waals surface area contributed by atoms with Gasteiger partial charge in [0.2, 0.25) is 23.8 Å². The second-order valence-corrected chi connectivity index (χ2v) is 13.8. The zero-order valence-electron chi connectivity index (χ0n) is 28.9. The fourth-order valence-corrected chi connectivity index (χ4v) is 8.62. The van der Waals surface area contributed by atoms with Gasteiger partial charge in [0, 0.05) is 36.3 Å². The van der Waals surface area contributed by atoms with E-state index in [4.69, 9.17) is 22.3 Å². The summed E-state index contributed by atoms with van der Waals surface area (Å²) in [6.45, 7) is 4.94. The number of rotatable bonds is 0. The molecule has 0 fully saturated rings. The number of anilines is 6. The molecule has 4 atom stereocenters. The van der Waals surface area contributed by atoms with Crippen LogP contribution >= 0.6 is 0 Å². The first-order valence-electron chi connectivity index (χ1n) is 17.3. The van der Waals surface area contributed by atoms with Crippen LogP contribution in [0.3, 0.4) is 0 Å². The molecule has 10 rings (SSSR count). The highest BCUT2D eigenvalue weighted by Gasteiger charge is 2.48. The van der Waals surface area contributed by atoms with Gasteiger partial charge in [-0.2, -0.15) is 9.97 Å². The first-order chi connectivity index (χ1) is 25.9. The number of nitrogens with zero attached hydrogens (tertiary/aromatic N) is 8. The van der Waals surface area contributed by atoms with E-state index in [2.05, 4.69) is 61.2 Å². The Morgan fingerprint density at radius 2 is 1.06 bits per heavy atom. The summed E-state index contributed by atoms with van der Waals surface area (Å²) in [7, 11) is 0. The normalized spacial score (nSPS) is 26.0. The zero-order chi connectivity index (χ0) is 37.7. The molecule has 0 aliphatic carbocycles. The maximum absolute atomic E-state index is 12.5. The van der Waals surface area contributed by atoms with Gasteiger partial charge in [0.05, 0.1) is 34.9 Å². The van der Waals surface area contributed by atoms with Crippen molar-refractivity contribution in [2.75, 3.05) is 45.0 Å². The standard InChI is InChI=1S/2C16H17N9O2/c2*1-5-9-6(2-3-7-10(21-9)13(26)23-15(17)20-7)8-4-19-12-11(25(5)8)14(27)24-16(18)22-12/h2*6,8H,2-4H2,1H3,(H2,17,23,26)(H4,18,19,22,24,27)/t2*6-,8-/m10/s1. The highest BCUT2D eigenvalue weighted by molar-refractivity contribution is 6.70. The fourth-order valence-electron chi connectivity index (χ4n) is 8.62. The van der Waals surface area contributed by atoms with Crippen LogP contribution in [-0.4, -0.2) is 91.7 Å². The summed E-state index contributed by atoms with van der Waals surface area (Å²) in [4.78, 5) is 84.6. The highest BCUT2D eigenvalue weighted by atomic mass is 16.2. The van der Waals surface area contributed by atoms with Gasteiger partial charge in [-0.25, -0.2) is 20.0 Å². The van der Waals surface area contributed by atoms with Gasteiger partial charge in [-0.1, -0.05) is 0 Å². The van der Waals surface area contributed by atoms with Crippen molar-refractivity contribution in [2.24, 2.45) is 31.8 Å². The molecule has 0 unspecified atom stereocenters. The number of aromatic nitrogens is 4. The van der Waals surface area contributed by atoms with Gasteiger partial charge in [-0.15, -0.1) is 0 Å². The molecule has 8 aliphatic heterocycles. The van der Waals surface area contributed by atoms with Crippen LogP contribution in [0, 0.1) is 22.7 Å². The van der Waals surface area contributed by atoms with Crippen LogP contribution < -0.4 is 53.7 Å². The van der Waals surface area contributed by atoms with Gasteiger partial charge in [0.15, 0.2) is 34.4 Å². The molecule has 2 aromatic heterocycles. The number of allylic oxidation sites excluding steroid dienone is 2. The third-order valence-electron chi connectivity index (χ3n) is 10.8. The number of carbonyl (C=O) groups is 2. The van der Waals surface area contributed by atoms with E-state index in [0.29, 0.717) is 60.4 Å². The van der Waals surface area contributed by atoms with Crippen molar-refractivity contribution in [3.63, 3.8) is 0 Å². The average molecular weight is 735 g/mol. The summed E-state index contributed by atoms with van der Waals surface area (Å²) in [5.41, 5.74) is 16.3. The molecular weight excluding hydrogens is 700 g/mol. The van der Waals surface area contributed by atoms with Gasteiger partial charge < -0.3 is 31.9 Å². The Morgan fingerprint density at radius 3 is 1.46 bits per heavy atom. The maximum atomic E-state index is 12.5. The number of guanidine groups is 2. The van der Waals surface area contributed by atoms with Crippen LogP contribution in [0.1, 0.15) is 39.5 Å². The molecule has 0 spiro atoms. The van der Waals surface area contributed by atoms with Crippen LogP contribution in [-0.2, 0) is 9.59 Å². The molecule has 0 saturated heterocycles. The van der Waals surface area contributed by atoms with Crippen molar-refractivity contribution >= 4 is 81.5 Å². The van der Waals surface area contributed by atoms with Gasteiger partial charge in [-0.3, -0.25) is 50.6 Å². The lowest BCUT2D eigenvalue weighted by Crippen LogP contribution is -2.46. The topological polar surface area (TPSA) is 329 Å². The second kappa shape index (κ2) is 11.8. The summed E-state index contributed by atoms with van der Waals surface area (Å²) in [6.07, 6.45) is 2.53. The number of nitrogens with one attached hydrogen (secondary N) is 8. The van der Waals surface area contributed by atoms with E-state index in [0.717, 1.165) is 35.6 Å². The van der Waals surface area contributed by atoms with Crippen LogP contribution in [0.15, 0.2) is 52.3 Å². The minimum atomic E-state index is -0.415. The second-order valence-electron chi connectivity index (χ2n) is 13.8. The minimum Gasteiger partial charge on any atom is -0.369 e. The molecule has 0 radical (unpaired) electrons. The molecule has 2 amide bonds. The molecule has 0 aromatic carbocycles. The van der Waals surface area contributed by atoms with Crippen molar-refractivity contribution in [3.05, 3.63) is 43.5 Å². The Hall–Kier alpha value is -7.00. The lowest BCUT2D eigenvalue weighted by molar-refractivity contribution is -0.114. The van der Waals surface area contributed by atoms with Crippen LogP contribution in [0.25, 0.3) is 0 Å². The number of nitrogen functional groups attached to an aromatic ring is 2. The molecule has 10 heterocycles. The Balaban J connectivity index is 0.000000142. The zero-order valence-corrected chi connectivity index (χ0v) is 28.9. The number of H-pyrrole nitrogens is 2. The summed E-state index contributed by atoms with van der Waals surface area (Å²) < 4.78 is 0. The third-order valence-corrected chi connectivity index (χ3v) is 10.8. The number of hydrogen-bond donors (Lipinski definition) is 10. The van der Waals surface area contributed by atoms with E-state index >= 15 is 0 Å². The molecule has 22 nitrogen and oxygen atoms in total.